The second kappa shape index (κ2) is 4.87. The Hall–Kier alpha value is -1.38. The van der Waals surface area contributed by atoms with E-state index in [0.29, 0.717) is 5.91 Å². The van der Waals surface area contributed by atoms with Crippen LogP contribution in [0.2, 0.25) is 0 Å². The molecule has 108 valence electrons. The summed E-state index contributed by atoms with van der Waals surface area (Å²) in [4.78, 5) is 19.5. The number of carbonyl (C=O) groups is 1. The maximum atomic E-state index is 12.8. The highest BCUT2D eigenvalue weighted by molar-refractivity contribution is 5.97. The molecule has 0 atom stereocenters. The predicted molar refractivity (Wildman–Crippen MR) is 80.9 cm³/mol. The molecule has 0 bridgehead atoms. The van der Waals surface area contributed by atoms with Crippen molar-refractivity contribution in [2.75, 3.05) is 11.4 Å². The molecule has 1 aromatic heterocycles. The molecule has 20 heavy (non-hydrogen) atoms. The van der Waals surface area contributed by atoms with Crippen molar-refractivity contribution < 1.29 is 4.79 Å². The van der Waals surface area contributed by atoms with E-state index < -0.39 is 0 Å². The molecule has 1 aliphatic carbocycles. The van der Waals surface area contributed by atoms with Gasteiger partial charge in [-0.25, -0.2) is 0 Å². The first-order valence-corrected chi connectivity index (χ1v) is 7.78. The Morgan fingerprint density at radius 2 is 1.95 bits per heavy atom. The minimum Gasteiger partial charge on any atom is -0.309 e. The van der Waals surface area contributed by atoms with Crippen LogP contribution in [0.25, 0.3) is 0 Å². The summed E-state index contributed by atoms with van der Waals surface area (Å²) < 4.78 is 0. The fourth-order valence-electron chi connectivity index (χ4n) is 3.59. The summed E-state index contributed by atoms with van der Waals surface area (Å²) in [7, 11) is 0. The molecule has 0 radical (unpaired) electrons. The van der Waals surface area contributed by atoms with Crippen molar-refractivity contribution in [3.05, 3.63) is 23.5 Å². The second-order valence-corrected chi connectivity index (χ2v) is 6.96. The van der Waals surface area contributed by atoms with E-state index in [1.807, 2.05) is 17.9 Å². The number of hydrogen-bond acceptors (Lipinski definition) is 2. The molecular weight excluding hydrogens is 248 g/mol. The lowest BCUT2D eigenvalue weighted by molar-refractivity contribution is -0.123. The topological polar surface area (TPSA) is 33.2 Å². The van der Waals surface area contributed by atoms with Crippen molar-refractivity contribution in [2.45, 2.75) is 58.3 Å². The third kappa shape index (κ3) is 2.23. The van der Waals surface area contributed by atoms with Gasteiger partial charge in [-0.1, -0.05) is 33.1 Å². The summed E-state index contributed by atoms with van der Waals surface area (Å²) in [5, 5.41) is 0. The van der Waals surface area contributed by atoms with Gasteiger partial charge in [0.05, 0.1) is 11.4 Å². The van der Waals surface area contributed by atoms with E-state index in [4.69, 9.17) is 4.98 Å². The average molecular weight is 272 g/mol. The highest BCUT2D eigenvalue weighted by Crippen LogP contribution is 2.40. The zero-order valence-electron chi connectivity index (χ0n) is 12.8. The van der Waals surface area contributed by atoms with E-state index in [0.717, 1.165) is 36.5 Å². The highest BCUT2D eigenvalue weighted by Gasteiger charge is 2.41. The van der Waals surface area contributed by atoms with Crippen LogP contribution in [0.5, 0.6) is 0 Å². The molecule has 3 heteroatoms. The van der Waals surface area contributed by atoms with Crippen LogP contribution in [-0.4, -0.2) is 17.4 Å². The van der Waals surface area contributed by atoms with Crippen LogP contribution in [0, 0.1) is 12.8 Å². The fraction of sp³-hybridized carbons (Fsp3) is 0.647. The third-order valence-electron chi connectivity index (χ3n) is 4.72. The molecule has 0 saturated heterocycles. The van der Waals surface area contributed by atoms with Gasteiger partial charge in [0.25, 0.3) is 0 Å². The van der Waals surface area contributed by atoms with Gasteiger partial charge in [-0.3, -0.25) is 9.78 Å². The molecule has 1 aliphatic heterocycles. The minimum atomic E-state index is -0.0360. The summed E-state index contributed by atoms with van der Waals surface area (Å²) in [5.41, 5.74) is 3.12. The zero-order valence-corrected chi connectivity index (χ0v) is 12.8. The molecule has 0 unspecified atom stereocenters. The maximum Gasteiger partial charge on any atom is 0.230 e. The Morgan fingerprint density at radius 3 is 2.65 bits per heavy atom. The lowest BCUT2D eigenvalue weighted by Gasteiger charge is -2.27. The van der Waals surface area contributed by atoms with Crippen molar-refractivity contribution in [1.29, 1.82) is 0 Å². The first-order valence-electron chi connectivity index (χ1n) is 7.78. The third-order valence-corrected chi connectivity index (χ3v) is 4.72. The summed E-state index contributed by atoms with van der Waals surface area (Å²) in [5.74, 6) is 0.550. The average Bonchev–Trinajstić information content (AvgIpc) is 2.71. The zero-order chi connectivity index (χ0) is 14.3. The molecule has 1 aromatic rings. The largest absolute Gasteiger partial charge is 0.309 e. The summed E-state index contributed by atoms with van der Waals surface area (Å²) in [6.07, 6.45) is 5.81. The number of carbonyl (C=O) groups excluding carboxylic acids is 1. The number of fused-ring (bicyclic) bond motifs is 1. The van der Waals surface area contributed by atoms with Crippen LogP contribution in [0.4, 0.5) is 5.69 Å². The quantitative estimate of drug-likeness (QED) is 0.782. The summed E-state index contributed by atoms with van der Waals surface area (Å²) in [6, 6.07) is 4.09. The van der Waals surface area contributed by atoms with Gasteiger partial charge in [-0.2, -0.15) is 0 Å². The van der Waals surface area contributed by atoms with Gasteiger partial charge < -0.3 is 4.90 Å². The van der Waals surface area contributed by atoms with Crippen LogP contribution in [0.1, 0.15) is 57.3 Å². The number of rotatable bonds is 1. The van der Waals surface area contributed by atoms with E-state index >= 15 is 0 Å². The predicted octanol–water partition coefficient (Wildman–Crippen LogP) is 3.59. The summed E-state index contributed by atoms with van der Waals surface area (Å²) in [6.45, 7) is 7.16. The van der Waals surface area contributed by atoms with Crippen molar-refractivity contribution in [2.24, 2.45) is 5.92 Å². The molecular formula is C17H24N2O. The molecule has 1 saturated carbocycles. The van der Waals surface area contributed by atoms with Crippen LogP contribution in [0.15, 0.2) is 12.1 Å². The standard InChI is InChI=1S/C17H24N2O/c1-12-9-10-14-15(18-12)17(2,3)11-19(14)16(20)13-7-5-4-6-8-13/h9-10,13H,4-8,11H2,1-3H3. The Balaban J connectivity index is 1.91. The molecule has 2 heterocycles. The Bertz CT molecular complexity index is 530. The number of amides is 1. The van der Waals surface area contributed by atoms with Gasteiger partial charge in [0.15, 0.2) is 0 Å². The number of anilines is 1. The van der Waals surface area contributed by atoms with Gasteiger partial charge >= 0.3 is 0 Å². The van der Waals surface area contributed by atoms with Crippen molar-refractivity contribution in [3.8, 4) is 0 Å². The molecule has 1 fully saturated rings. The van der Waals surface area contributed by atoms with Crippen LogP contribution in [-0.2, 0) is 10.2 Å². The number of hydrogen-bond donors (Lipinski definition) is 0. The van der Waals surface area contributed by atoms with E-state index in [-0.39, 0.29) is 11.3 Å². The van der Waals surface area contributed by atoms with E-state index in [1.54, 1.807) is 0 Å². The van der Waals surface area contributed by atoms with E-state index in [2.05, 4.69) is 19.9 Å². The van der Waals surface area contributed by atoms with E-state index in [1.165, 1.54) is 19.3 Å². The first kappa shape index (κ1) is 13.6. The lowest BCUT2D eigenvalue weighted by Crippen LogP contribution is -2.38. The van der Waals surface area contributed by atoms with Crippen molar-refractivity contribution >= 4 is 11.6 Å². The second-order valence-electron chi connectivity index (χ2n) is 6.96. The monoisotopic (exact) mass is 272 g/mol. The van der Waals surface area contributed by atoms with Crippen molar-refractivity contribution in [3.63, 3.8) is 0 Å². The Morgan fingerprint density at radius 1 is 1.25 bits per heavy atom. The molecule has 0 N–H and O–H groups in total. The first-order chi connectivity index (χ1) is 9.49. The van der Waals surface area contributed by atoms with Gasteiger partial charge in [0, 0.05) is 23.6 Å². The molecule has 0 spiro atoms. The lowest BCUT2D eigenvalue weighted by atomic mass is 9.88. The van der Waals surface area contributed by atoms with Crippen LogP contribution < -0.4 is 4.90 Å². The van der Waals surface area contributed by atoms with Crippen LogP contribution >= 0.6 is 0 Å². The Labute approximate surface area is 121 Å². The number of aromatic nitrogens is 1. The SMILES string of the molecule is Cc1ccc2c(n1)C(C)(C)CN2C(=O)C1CCCCC1. The molecule has 0 aromatic carbocycles. The fourth-order valence-corrected chi connectivity index (χ4v) is 3.59. The summed E-state index contributed by atoms with van der Waals surface area (Å²) >= 11 is 0. The number of nitrogens with zero attached hydrogens (tertiary/aromatic N) is 2. The highest BCUT2D eigenvalue weighted by atomic mass is 16.2. The molecule has 3 rings (SSSR count). The molecule has 2 aliphatic rings. The van der Waals surface area contributed by atoms with Gasteiger partial charge in [-0.05, 0) is 31.9 Å². The Kier molecular flexibility index (Phi) is 3.31. The van der Waals surface area contributed by atoms with Crippen LogP contribution in [0.3, 0.4) is 0 Å². The van der Waals surface area contributed by atoms with Gasteiger partial charge in [-0.15, -0.1) is 0 Å². The normalized spacial score (nSPS) is 21.9. The maximum absolute atomic E-state index is 12.8. The van der Waals surface area contributed by atoms with E-state index in [9.17, 15) is 4.79 Å². The number of pyridine rings is 1. The minimum absolute atomic E-state index is 0.0360. The number of aryl methyl sites for hydroxylation is 1. The molecule has 1 amide bonds. The smallest absolute Gasteiger partial charge is 0.230 e. The van der Waals surface area contributed by atoms with Gasteiger partial charge in [0.1, 0.15) is 0 Å². The van der Waals surface area contributed by atoms with Gasteiger partial charge in [0.2, 0.25) is 5.91 Å². The molecule has 3 nitrogen and oxygen atoms in total. The van der Waals surface area contributed by atoms with Crippen molar-refractivity contribution in [1.82, 2.24) is 4.98 Å².